The van der Waals surface area contributed by atoms with E-state index in [1.54, 1.807) is 0 Å². The van der Waals surface area contributed by atoms with E-state index in [0.29, 0.717) is 0 Å². The highest BCUT2D eigenvalue weighted by Crippen LogP contribution is 2.30. The van der Waals surface area contributed by atoms with Crippen molar-refractivity contribution in [2.24, 2.45) is 10.9 Å². The molecular weight excluding hydrogens is 290 g/mol. The minimum Gasteiger partial charge on any atom is -0.451 e. The number of hydrogen-bond donors (Lipinski definition) is 2. The van der Waals surface area contributed by atoms with Gasteiger partial charge in [-0.25, -0.2) is 8.78 Å². The molecule has 2 aromatic carbocycles. The maximum atomic E-state index is 13.8. The van der Waals surface area contributed by atoms with Crippen LogP contribution in [0.3, 0.4) is 0 Å². The molecule has 2 aromatic rings. The Bertz CT molecular complexity index is 677. The van der Waals surface area contributed by atoms with Crippen molar-refractivity contribution in [2.45, 2.75) is 0 Å². The molecule has 20 heavy (non-hydrogen) atoms. The molecule has 0 radical (unpaired) electrons. The van der Waals surface area contributed by atoms with Crippen LogP contribution < -0.4 is 10.5 Å². The first-order valence-electron chi connectivity index (χ1n) is 5.42. The van der Waals surface area contributed by atoms with E-state index < -0.39 is 11.6 Å². The van der Waals surface area contributed by atoms with Gasteiger partial charge in [-0.15, -0.1) is 0 Å². The lowest BCUT2D eigenvalue weighted by atomic mass is 10.2. The summed E-state index contributed by atoms with van der Waals surface area (Å²) in [5.74, 6) is -2.22. The highest BCUT2D eigenvalue weighted by molar-refractivity contribution is 6.30. The smallest absolute Gasteiger partial charge is 0.184 e. The number of nitrogens with zero attached hydrogens (tertiary/aromatic N) is 1. The van der Waals surface area contributed by atoms with Crippen molar-refractivity contribution in [3.8, 4) is 11.5 Å². The van der Waals surface area contributed by atoms with Crippen molar-refractivity contribution in [3.05, 3.63) is 58.6 Å². The number of oxime groups is 1. The predicted octanol–water partition coefficient (Wildman–Crippen LogP) is 3.51. The molecule has 0 amide bonds. The van der Waals surface area contributed by atoms with Crippen molar-refractivity contribution in [1.29, 1.82) is 0 Å². The predicted molar refractivity (Wildman–Crippen MR) is 70.4 cm³/mol. The molecule has 0 spiro atoms. The van der Waals surface area contributed by atoms with E-state index in [-0.39, 0.29) is 27.9 Å². The van der Waals surface area contributed by atoms with Gasteiger partial charge in [-0.2, -0.15) is 0 Å². The molecule has 104 valence electrons. The summed E-state index contributed by atoms with van der Waals surface area (Å²) in [6, 6.07) is 7.76. The molecule has 0 fully saturated rings. The molecule has 2 rings (SSSR count). The lowest BCUT2D eigenvalue weighted by Gasteiger charge is -2.09. The van der Waals surface area contributed by atoms with Crippen LogP contribution >= 0.6 is 11.6 Å². The van der Waals surface area contributed by atoms with Gasteiger partial charge in [0.1, 0.15) is 0 Å². The first-order valence-corrected chi connectivity index (χ1v) is 5.80. The summed E-state index contributed by atoms with van der Waals surface area (Å²) in [6.07, 6.45) is 0. The van der Waals surface area contributed by atoms with Crippen LogP contribution in [0.25, 0.3) is 0 Å². The Morgan fingerprint density at radius 2 is 1.95 bits per heavy atom. The normalized spacial score (nSPS) is 11.4. The molecule has 0 saturated heterocycles. The van der Waals surface area contributed by atoms with Gasteiger partial charge < -0.3 is 15.7 Å². The average molecular weight is 299 g/mol. The number of ether oxygens (including phenoxy) is 1. The minimum absolute atomic E-state index is 0.129. The van der Waals surface area contributed by atoms with E-state index in [0.717, 1.165) is 6.07 Å². The lowest BCUT2D eigenvalue weighted by Crippen LogP contribution is -2.13. The standard InChI is InChI=1S/C13H9ClF2N2O2/c14-8-2-1-3-11(12(8)16)20-10-5-4-7(6-9(10)15)13(17)18-19/h1-6,19H,(H2,17,18). The van der Waals surface area contributed by atoms with Crippen LogP contribution in [0.15, 0.2) is 41.6 Å². The molecule has 0 atom stereocenters. The minimum atomic E-state index is -0.784. The van der Waals surface area contributed by atoms with Gasteiger partial charge in [0.15, 0.2) is 29.0 Å². The summed E-state index contributed by atoms with van der Waals surface area (Å²) in [7, 11) is 0. The second-order valence-electron chi connectivity index (χ2n) is 3.78. The Morgan fingerprint density at radius 3 is 2.60 bits per heavy atom. The molecule has 3 N–H and O–H groups in total. The fraction of sp³-hybridized carbons (Fsp3) is 0. The molecule has 0 aliphatic heterocycles. The topological polar surface area (TPSA) is 67.8 Å². The Balaban J connectivity index is 2.33. The number of benzene rings is 2. The monoisotopic (exact) mass is 298 g/mol. The van der Waals surface area contributed by atoms with Crippen molar-refractivity contribution in [3.63, 3.8) is 0 Å². The summed E-state index contributed by atoms with van der Waals surface area (Å²) < 4.78 is 32.5. The zero-order valence-electron chi connectivity index (χ0n) is 9.98. The van der Waals surface area contributed by atoms with Crippen molar-refractivity contribution < 1.29 is 18.7 Å². The summed E-state index contributed by atoms with van der Waals surface area (Å²) >= 11 is 5.60. The molecule has 0 aromatic heterocycles. The Kier molecular flexibility index (Phi) is 4.05. The van der Waals surface area contributed by atoms with Gasteiger partial charge >= 0.3 is 0 Å². The number of rotatable bonds is 3. The zero-order chi connectivity index (χ0) is 14.7. The summed E-state index contributed by atoms with van der Waals surface area (Å²) in [5.41, 5.74) is 5.50. The number of hydrogen-bond acceptors (Lipinski definition) is 3. The van der Waals surface area contributed by atoms with E-state index in [1.807, 2.05) is 0 Å². The molecule has 0 aliphatic carbocycles. The maximum absolute atomic E-state index is 13.8. The second-order valence-corrected chi connectivity index (χ2v) is 4.19. The molecule has 0 heterocycles. The van der Waals surface area contributed by atoms with E-state index in [9.17, 15) is 8.78 Å². The Hall–Kier alpha value is -2.34. The molecule has 0 aliphatic rings. The maximum Gasteiger partial charge on any atom is 0.184 e. The molecule has 7 heteroatoms. The van der Waals surface area contributed by atoms with Crippen LogP contribution in [0.1, 0.15) is 5.56 Å². The number of halogens is 3. The second kappa shape index (κ2) is 5.75. The third-order valence-electron chi connectivity index (χ3n) is 2.47. The Labute approximate surface area is 118 Å². The van der Waals surface area contributed by atoms with Gasteiger partial charge in [-0.3, -0.25) is 0 Å². The lowest BCUT2D eigenvalue weighted by molar-refractivity contribution is 0.318. The first-order chi connectivity index (χ1) is 9.52. The van der Waals surface area contributed by atoms with Gasteiger partial charge in [0, 0.05) is 5.56 Å². The molecule has 0 saturated carbocycles. The first kappa shape index (κ1) is 14.1. The summed E-state index contributed by atoms with van der Waals surface area (Å²) in [6.45, 7) is 0. The Morgan fingerprint density at radius 1 is 1.20 bits per heavy atom. The van der Waals surface area contributed by atoms with Crippen LogP contribution in [0.2, 0.25) is 5.02 Å². The third kappa shape index (κ3) is 2.80. The molecule has 4 nitrogen and oxygen atoms in total. The van der Waals surface area contributed by atoms with Crippen molar-refractivity contribution in [2.75, 3.05) is 0 Å². The number of amidine groups is 1. The largest absolute Gasteiger partial charge is 0.451 e. The summed E-state index contributed by atoms with van der Waals surface area (Å²) in [4.78, 5) is 0. The highest BCUT2D eigenvalue weighted by atomic mass is 35.5. The molecule has 0 unspecified atom stereocenters. The van der Waals surface area contributed by atoms with Gasteiger partial charge in [0.2, 0.25) is 0 Å². The van der Waals surface area contributed by atoms with Crippen LogP contribution in [-0.2, 0) is 0 Å². The summed E-state index contributed by atoms with van der Waals surface area (Å²) in [5, 5.41) is 11.1. The van der Waals surface area contributed by atoms with E-state index in [1.165, 1.54) is 30.3 Å². The fourth-order valence-electron chi connectivity index (χ4n) is 1.48. The van der Waals surface area contributed by atoms with Crippen LogP contribution in [-0.4, -0.2) is 11.0 Å². The van der Waals surface area contributed by atoms with Crippen LogP contribution in [0, 0.1) is 11.6 Å². The molecule has 0 bridgehead atoms. The zero-order valence-corrected chi connectivity index (χ0v) is 10.7. The van der Waals surface area contributed by atoms with Gasteiger partial charge in [-0.05, 0) is 30.3 Å². The van der Waals surface area contributed by atoms with Crippen molar-refractivity contribution >= 4 is 17.4 Å². The SMILES string of the molecule is N/C(=N/O)c1ccc(Oc2cccc(Cl)c2F)c(F)c1. The van der Waals surface area contributed by atoms with Crippen LogP contribution in [0.5, 0.6) is 11.5 Å². The fourth-order valence-corrected chi connectivity index (χ4v) is 1.65. The van der Waals surface area contributed by atoms with E-state index in [4.69, 9.17) is 27.3 Å². The highest BCUT2D eigenvalue weighted by Gasteiger charge is 2.12. The third-order valence-corrected chi connectivity index (χ3v) is 2.76. The van der Waals surface area contributed by atoms with E-state index >= 15 is 0 Å². The van der Waals surface area contributed by atoms with Gasteiger partial charge in [-0.1, -0.05) is 22.8 Å². The van der Waals surface area contributed by atoms with Gasteiger partial charge in [0.25, 0.3) is 0 Å². The molecular formula is C13H9ClF2N2O2. The quantitative estimate of drug-likeness (QED) is 0.394. The number of nitrogens with two attached hydrogens (primary N) is 1. The van der Waals surface area contributed by atoms with E-state index in [2.05, 4.69) is 5.16 Å². The average Bonchev–Trinajstić information content (AvgIpc) is 2.45. The van der Waals surface area contributed by atoms with Gasteiger partial charge in [0.05, 0.1) is 5.02 Å². The van der Waals surface area contributed by atoms with Crippen LogP contribution in [0.4, 0.5) is 8.78 Å². The van der Waals surface area contributed by atoms with Crippen molar-refractivity contribution in [1.82, 2.24) is 0 Å².